The van der Waals surface area contributed by atoms with Crippen LogP contribution in [-0.4, -0.2) is 60.9 Å². The molecule has 0 bridgehead atoms. The van der Waals surface area contributed by atoms with Crippen molar-refractivity contribution in [3.8, 4) is 0 Å². The zero-order valence-corrected chi connectivity index (χ0v) is 17.8. The summed E-state index contributed by atoms with van der Waals surface area (Å²) in [5.74, 6) is 2.44. The molecule has 3 heterocycles. The molecule has 2 aromatic rings. The van der Waals surface area contributed by atoms with E-state index in [0.29, 0.717) is 5.92 Å². The van der Waals surface area contributed by atoms with Crippen LogP contribution in [0, 0.1) is 19.8 Å². The minimum absolute atomic E-state index is 0.582. The number of thiophene rings is 1. The molecule has 1 aliphatic heterocycles. The van der Waals surface area contributed by atoms with Gasteiger partial charge in [-0.3, -0.25) is 4.90 Å². The van der Waals surface area contributed by atoms with Crippen molar-refractivity contribution in [1.82, 2.24) is 14.9 Å². The van der Waals surface area contributed by atoms with E-state index in [-0.39, 0.29) is 0 Å². The zero-order chi connectivity index (χ0) is 19.2. The van der Waals surface area contributed by atoms with E-state index in [1.54, 1.807) is 11.3 Å². The molecule has 1 N–H and O–H groups in total. The first-order chi connectivity index (χ1) is 13.0. The number of morpholine rings is 1. The van der Waals surface area contributed by atoms with E-state index in [4.69, 9.17) is 19.4 Å². The summed E-state index contributed by atoms with van der Waals surface area (Å²) in [6.07, 6.45) is 0.971. The maximum atomic E-state index is 5.68. The Morgan fingerprint density at radius 2 is 2.00 bits per heavy atom. The first-order valence-corrected chi connectivity index (χ1v) is 10.7. The quantitative estimate of drug-likeness (QED) is 0.658. The van der Waals surface area contributed by atoms with Crippen molar-refractivity contribution in [3.63, 3.8) is 0 Å². The lowest BCUT2D eigenvalue weighted by Crippen LogP contribution is -2.36. The van der Waals surface area contributed by atoms with Gasteiger partial charge in [0.1, 0.15) is 16.5 Å². The lowest BCUT2D eigenvalue weighted by molar-refractivity contribution is 0.0331. The summed E-state index contributed by atoms with van der Waals surface area (Å²) in [7, 11) is 0. The van der Waals surface area contributed by atoms with E-state index in [0.717, 1.165) is 75.5 Å². The number of nitrogens with one attached hydrogen (secondary N) is 1. The van der Waals surface area contributed by atoms with Crippen LogP contribution in [0.3, 0.4) is 0 Å². The number of ether oxygens (including phenoxy) is 2. The number of aryl methyl sites for hydroxylation is 2. The number of aromatic nitrogens is 2. The highest BCUT2D eigenvalue weighted by Crippen LogP contribution is 2.33. The van der Waals surface area contributed by atoms with E-state index in [1.807, 2.05) is 0 Å². The first kappa shape index (κ1) is 20.5. The normalized spacial score (nSPS) is 15.7. The summed E-state index contributed by atoms with van der Waals surface area (Å²) in [4.78, 5) is 14.5. The van der Waals surface area contributed by atoms with Gasteiger partial charge in [-0.1, -0.05) is 13.8 Å². The lowest BCUT2D eigenvalue weighted by Gasteiger charge is -2.25. The minimum atomic E-state index is 0.582. The lowest BCUT2D eigenvalue weighted by atomic mass is 10.2. The van der Waals surface area contributed by atoms with E-state index in [1.165, 1.54) is 15.8 Å². The highest BCUT2D eigenvalue weighted by Gasteiger charge is 2.17. The molecule has 0 spiro atoms. The van der Waals surface area contributed by atoms with Crippen LogP contribution in [-0.2, 0) is 16.0 Å². The largest absolute Gasteiger partial charge is 0.381 e. The number of nitrogens with zero attached hydrogens (tertiary/aromatic N) is 3. The molecule has 7 heteroatoms. The molecular weight excluding hydrogens is 360 g/mol. The fourth-order valence-corrected chi connectivity index (χ4v) is 4.20. The van der Waals surface area contributed by atoms with Gasteiger partial charge in [-0.15, -0.1) is 11.3 Å². The molecule has 0 aromatic carbocycles. The summed E-state index contributed by atoms with van der Waals surface area (Å²) in [5.41, 5.74) is 1.28. The van der Waals surface area contributed by atoms with E-state index in [2.05, 4.69) is 37.9 Å². The minimum Gasteiger partial charge on any atom is -0.381 e. The zero-order valence-electron chi connectivity index (χ0n) is 17.0. The van der Waals surface area contributed by atoms with Crippen molar-refractivity contribution in [2.45, 2.75) is 40.7 Å². The molecule has 3 rings (SSSR count). The third-order valence-electron chi connectivity index (χ3n) is 4.75. The Kier molecular flexibility index (Phi) is 7.41. The third-order valence-corrected chi connectivity index (χ3v) is 5.85. The van der Waals surface area contributed by atoms with Gasteiger partial charge in [0, 0.05) is 37.7 Å². The van der Waals surface area contributed by atoms with E-state index in [9.17, 15) is 0 Å². The van der Waals surface area contributed by atoms with Gasteiger partial charge in [-0.25, -0.2) is 9.97 Å². The van der Waals surface area contributed by atoms with Gasteiger partial charge in [0.2, 0.25) is 0 Å². The molecule has 6 nitrogen and oxygen atoms in total. The van der Waals surface area contributed by atoms with Crippen LogP contribution in [0.2, 0.25) is 0 Å². The number of fused-ring (bicyclic) bond motifs is 1. The number of hydrogen-bond donors (Lipinski definition) is 1. The van der Waals surface area contributed by atoms with Gasteiger partial charge in [-0.05, 0) is 31.7 Å². The third kappa shape index (κ3) is 5.60. The molecule has 1 aliphatic rings. The van der Waals surface area contributed by atoms with Crippen LogP contribution in [0.4, 0.5) is 5.82 Å². The molecule has 0 aliphatic carbocycles. The van der Waals surface area contributed by atoms with Crippen molar-refractivity contribution < 1.29 is 9.47 Å². The molecule has 0 saturated carbocycles. The highest BCUT2D eigenvalue weighted by molar-refractivity contribution is 7.18. The second-order valence-corrected chi connectivity index (χ2v) is 8.79. The van der Waals surface area contributed by atoms with Crippen LogP contribution in [0.15, 0.2) is 0 Å². The Bertz CT molecular complexity index is 741. The van der Waals surface area contributed by atoms with Gasteiger partial charge >= 0.3 is 0 Å². The van der Waals surface area contributed by atoms with Gasteiger partial charge in [0.25, 0.3) is 0 Å². The average molecular weight is 393 g/mol. The van der Waals surface area contributed by atoms with Crippen LogP contribution in [0.1, 0.15) is 36.5 Å². The molecule has 2 aromatic heterocycles. The summed E-state index contributed by atoms with van der Waals surface area (Å²) in [6, 6.07) is 0. The van der Waals surface area contributed by atoms with Crippen molar-refractivity contribution in [2.75, 3.05) is 51.4 Å². The SMILES string of the molecule is Cc1sc2nc(CN3CCOCC3)nc(NCCCOCC(C)C)c2c1C. The molecule has 0 atom stereocenters. The monoisotopic (exact) mass is 392 g/mol. The topological polar surface area (TPSA) is 59.5 Å². The summed E-state index contributed by atoms with van der Waals surface area (Å²) >= 11 is 1.76. The molecule has 150 valence electrons. The number of hydrogen-bond acceptors (Lipinski definition) is 7. The van der Waals surface area contributed by atoms with Crippen LogP contribution in [0.5, 0.6) is 0 Å². The van der Waals surface area contributed by atoms with E-state index >= 15 is 0 Å². The Balaban J connectivity index is 1.69. The van der Waals surface area contributed by atoms with Gasteiger partial charge < -0.3 is 14.8 Å². The molecular formula is C20H32N4O2S. The Morgan fingerprint density at radius 3 is 2.74 bits per heavy atom. The summed E-state index contributed by atoms with van der Waals surface area (Å²) < 4.78 is 11.1. The Morgan fingerprint density at radius 1 is 1.22 bits per heavy atom. The summed E-state index contributed by atoms with van der Waals surface area (Å²) in [6.45, 7) is 15.4. The van der Waals surface area contributed by atoms with Gasteiger partial charge in [0.15, 0.2) is 0 Å². The van der Waals surface area contributed by atoms with Gasteiger partial charge in [0.05, 0.1) is 25.1 Å². The highest BCUT2D eigenvalue weighted by atomic mass is 32.1. The molecule has 0 radical (unpaired) electrons. The predicted octanol–water partition coefficient (Wildman–Crippen LogP) is 3.61. The molecule has 27 heavy (non-hydrogen) atoms. The van der Waals surface area contributed by atoms with Crippen molar-refractivity contribution in [2.24, 2.45) is 5.92 Å². The Hall–Kier alpha value is -1.28. The van der Waals surface area contributed by atoms with Crippen molar-refractivity contribution >= 4 is 27.4 Å². The number of anilines is 1. The Labute approximate surface area is 166 Å². The maximum Gasteiger partial charge on any atom is 0.146 e. The predicted molar refractivity (Wildman–Crippen MR) is 112 cm³/mol. The average Bonchev–Trinajstić information content (AvgIpc) is 2.92. The van der Waals surface area contributed by atoms with Crippen molar-refractivity contribution in [1.29, 1.82) is 0 Å². The standard InChI is InChI=1S/C20H32N4O2S/c1-14(2)13-26-9-5-6-21-19-18-15(3)16(4)27-20(18)23-17(22-19)12-24-7-10-25-11-8-24/h14H,5-13H2,1-4H3,(H,21,22,23). The molecule has 0 amide bonds. The van der Waals surface area contributed by atoms with Crippen LogP contribution < -0.4 is 5.32 Å². The smallest absolute Gasteiger partial charge is 0.146 e. The van der Waals surface area contributed by atoms with Crippen LogP contribution in [0.25, 0.3) is 10.2 Å². The first-order valence-electron chi connectivity index (χ1n) is 9.93. The maximum absolute atomic E-state index is 5.68. The fraction of sp³-hybridized carbons (Fsp3) is 0.700. The van der Waals surface area contributed by atoms with E-state index < -0.39 is 0 Å². The van der Waals surface area contributed by atoms with Crippen LogP contribution >= 0.6 is 11.3 Å². The fourth-order valence-electron chi connectivity index (χ4n) is 3.15. The second kappa shape index (κ2) is 9.78. The van der Waals surface area contributed by atoms with Crippen molar-refractivity contribution in [3.05, 3.63) is 16.3 Å². The summed E-state index contributed by atoms with van der Waals surface area (Å²) in [5, 5.41) is 4.71. The van der Waals surface area contributed by atoms with Gasteiger partial charge in [-0.2, -0.15) is 0 Å². The number of rotatable bonds is 9. The molecule has 0 unspecified atom stereocenters. The molecule has 1 saturated heterocycles. The molecule has 1 fully saturated rings. The second-order valence-electron chi connectivity index (χ2n) is 7.59.